The molecule has 0 spiro atoms. The minimum atomic E-state index is -0.833. The Balaban J connectivity index is 1.51. The van der Waals surface area contributed by atoms with E-state index in [0.29, 0.717) is 0 Å². The molecule has 0 bridgehead atoms. The average molecular weight is 366 g/mol. The van der Waals surface area contributed by atoms with Crippen molar-refractivity contribution in [3.63, 3.8) is 0 Å². The lowest BCUT2D eigenvalue weighted by molar-refractivity contribution is -0.144. The lowest BCUT2D eigenvalue weighted by atomic mass is 9.88. The molecule has 0 amide bonds. The second kappa shape index (κ2) is 6.41. The molecule has 0 saturated carbocycles. The number of tetrazole rings is 1. The lowest BCUT2D eigenvalue weighted by Gasteiger charge is -2.11. The van der Waals surface area contributed by atoms with Crippen LogP contribution >= 0.6 is 0 Å². The number of rotatable bonds is 5. The summed E-state index contributed by atoms with van der Waals surface area (Å²) in [5, 5.41) is 12.7. The van der Waals surface area contributed by atoms with Gasteiger partial charge in [0.05, 0.1) is 5.56 Å². The van der Waals surface area contributed by atoms with Crippen LogP contribution in [0.5, 0.6) is 0 Å². The molecule has 0 radical (unpaired) electrons. The summed E-state index contributed by atoms with van der Waals surface area (Å²) < 4.78 is 10.1. The number of hydrogen-bond acceptors (Lipinski definition) is 9. The van der Waals surface area contributed by atoms with Crippen molar-refractivity contribution in [1.29, 1.82) is 0 Å². The Hall–Kier alpha value is -3.95. The molecule has 1 aromatic carbocycles. The Kier molecular flexibility index (Phi) is 3.92. The number of ketones is 3. The van der Waals surface area contributed by atoms with E-state index in [4.69, 9.17) is 9.15 Å². The molecule has 0 fully saturated rings. The minimum absolute atomic E-state index is 0.00205. The highest BCUT2D eigenvalue weighted by Crippen LogP contribution is 2.30. The topological polar surface area (TPSA) is 145 Å². The van der Waals surface area contributed by atoms with Crippen LogP contribution < -0.4 is 0 Å². The highest BCUT2D eigenvalue weighted by atomic mass is 16.5. The van der Waals surface area contributed by atoms with E-state index in [1.165, 1.54) is 18.2 Å². The smallest absolute Gasteiger partial charge is 0.314 e. The van der Waals surface area contributed by atoms with E-state index in [2.05, 4.69) is 20.6 Å². The molecule has 0 aliphatic heterocycles. The molecule has 134 valence electrons. The molecule has 1 aliphatic rings. The Morgan fingerprint density at radius 2 is 1.81 bits per heavy atom. The van der Waals surface area contributed by atoms with E-state index in [1.807, 2.05) is 0 Å². The highest BCUT2D eigenvalue weighted by Gasteiger charge is 2.34. The Labute approximate surface area is 150 Å². The van der Waals surface area contributed by atoms with Crippen molar-refractivity contribution in [2.45, 2.75) is 13.0 Å². The monoisotopic (exact) mass is 366 g/mol. The van der Waals surface area contributed by atoms with Crippen molar-refractivity contribution in [2.24, 2.45) is 0 Å². The zero-order valence-electron chi connectivity index (χ0n) is 13.6. The van der Waals surface area contributed by atoms with Gasteiger partial charge in [0.1, 0.15) is 6.42 Å². The number of ether oxygens (including phenoxy) is 1. The van der Waals surface area contributed by atoms with E-state index in [1.54, 1.807) is 12.1 Å². The maximum atomic E-state index is 12.5. The van der Waals surface area contributed by atoms with Gasteiger partial charge in [-0.15, -0.1) is 10.2 Å². The zero-order chi connectivity index (χ0) is 19.0. The van der Waals surface area contributed by atoms with Gasteiger partial charge in [0.2, 0.25) is 17.4 Å². The number of aromatic nitrogens is 4. The van der Waals surface area contributed by atoms with Crippen LogP contribution in [0.25, 0.3) is 0 Å². The normalized spacial score (nSPS) is 12.4. The molecular formula is C17H10N4O6. The first-order chi connectivity index (χ1) is 13.0. The van der Waals surface area contributed by atoms with Gasteiger partial charge < -0.3 is 9.15 Å². The lowest BCUT2D eigenvalue weighted by Crippen LogP contribution is -2.18. The van der Waals surface area contributed by atoms with E-state index in [0.717, 1.165) is 0 Å². The molecule has 1 aliphatic carbocycles. The summed E-state index contributed by atoms with van der Waals surface area (Å²) in [5.41, 5.74) is 0.458. The standard InChI is InChI=1S/C17H10N4O6/c22-11(6-14(23)26-7-13-18-20-21-19-13)12-5-10-15(24)8-3-1-2-4-9(8)16(25)17(10)27-12/h1-5H,6-7H2,(H,18,19,20,21). The average Bonchev–Trinajstić information content (AvgIpc) is 3.34. The van der Waals surface area contributed by atoms with Crippen LogP contribution in [-0.2, 0) is 16.1 Å². The van der Waals surface area contributed by atoms with Gasteiger partial charge in [-0.2, -0.15) is 5.21 Å². The number of fused-ring (bicyclic) bond motifs is 2. The van der Waals surface area contributed by atoms with Gasteiger partial charge in [-0.25, -0.2) is 0 Å². The van der Waals surface area contributed by atoms with E-state index in [9.17, 15) is 19.2 Å². The highest BCUT2D eigenvalue weighted by molar-refractivity contribution is 6.28. The molecule has 4 rings (SSSR count). The van der Waals surface area contributed by atoms with Crippen LogP contribution in [0.3, 0.4) is 0 Å². The predicted octanol–water partition coefficient (Wildman–Crippen LogP) is 0.884. The van der Waals surface area contributed by atoms with Crippen molar-refractivity contribution < 1.29 is 28.3 Å². The second-order valence-electron chi connectivity index (χ2n) is 5.65. The van der Waals surface area contributed by atoms with Gasteiger partial charge in [0.25, 0.3) is 0 Å². The summed E-state index contributed by atoms with van der Waals surface area (Å²) in [7, 11) is 0. The van der Waals surface area contributed by atoms with Crippen LogP contribution in [0, 0.1) is 0 Å². The van der Waals surface area contributed by atoms with Crippen molar-refractivity contribution in [1.82, 2.24) is 20.6 Å². The van der Waals surface area contributed by atoms with Crippen LogP contribution in [0.4, 0.5) is 0 Å². The van der Waals surface area contributed by atoms with Crippen LogP contribution in [0.15, 0.2) is 34.7 Å². The van der Waals surface area contributed by atoms with E-state index in [-0.39, 0.29) is 40.6 Å². The number of aromatic amines is 1. The minimum Gasteiger partial charge on any atom is -0.457 e. The Bertz CT molecular complexity index is 1030. The van der Waals surface area contributed by atoms with Crippen molar-refractivity contribution in [2.75, 3.05) is 0 Å². The van der Waals surface area contributed by atoms with Gasteiger partial charge in [-0.05, 0) is 6.07 Å². The summed E-state index contributed by atoms with van der Waals surface area (Å²) >= 11 is 0. The molecule has 0 unspecified atom stereocenters. The number of carbonyl (C=O) groups excluding carboxylic acids is 4. The van der Waals surface area contributed by atoms with Crippen LogP contribution in [-0.4, -0.2) is 43.9 Å². The summed E-state index contributed by atoms with van der Waals surface area (Å²) in [6.07, 6.45) is -0.625. The van der Waals surface area contributed by atoms with E-state index >= 15 is 0 Å². The number of carbonyl (C=O) groups is 4. The third-order valence-electron chi connectivity index (χ3n) is 3.93. The Morgan fingerprint density at radius 1 is 1.07 bits per heavy atom. The molecule has 1 N–H and O–H groups in total. The fourth-order valence-corrected chi connectivity index (χ4v) is 2.67. The number of esters is 1. The molecule has 27 heavy (non-hydrogen) atoms. The van der Waals surface area contributed by atoms with E-state index < -0.39 is 29.7 Å². The second-order valence-corrected chi connectivity index (χ2v) is 5.65. The molecule has 2 aromatic heterocycles. The fourth-order valence-electron chi connectivity index (χ4n) is 2.67. The van der Waals surface area contributed by atoms with Crippen molar-refractivity contribution in [3.8, 4) is 0 Å². The first-order valence-corrected chi connectivity index (χ1v) is 7.78. The number of nitrogens with one attached hydrogen (secondary N) is 1. The summed E-state index contributed by atoms with van der Waals surface area (Å²) in [6.45, 7) is -0.246. The van der Waals surface area contributed by atoms with Crippen LogP contribution in [0.1, 0.15) is 54.8 Å². The molecule has 3 aromatic rings. The quantitative estimate of drug-likeness (QED) is 0.309. The number of nitrogens with zero attached hydrogens (tertiary/aromatic N) is 3. The third kappa shape index (κ3) is 2.92. The molecule has 0 saturated heterocycles. The maximum Gasteiger partial charge on any atom is 0.314 e. The summed E-state index contributed by atoms with van der Waals surface area (Å²) in [6, 6.07) is 7.49. The molecule has 0 atom stereocenters. The maximum absolute atomic E-state index is 12.5. The predicted molar refractivity (Wildman–Crippen MR) is 84.9 cm³/mol. The molecular weight excluding hydrogens is 356 g/mol. The van der Waals surface area contributed by atoms with Gasteiger partial charge in [-0.3, -0.25) is 19.2 Å². The number of hydrogen-bond donors (Lipinski definition) is 1. The SMILES string of the molecule is O=C(CC(=O)c1cc2c(o1)C(=O)c1ccccc1C2=O)OCc1nn[nH]n1. The number of benzene rings is 1. The fraction of sp³-hybridized carbons (Fsp3) is 0.118. The van der Waals surface area contributed by atoms with Gasteiger partial charge in [0, 0.05) is 11.1 Å². The number of furan rings is 1. The van der Waals surface area contributed by atoms with Crippen molar-refractivity contribution >= 4 is 23.3 Å². The van der Waals surface area contributed by atoms with Crippen molar-refractivity contribution in [3.05, 3.63) is 64.4 Å². The first-order valence-electron chi connectivity index (χ1n) is 7.78. The molecule has 10 heteroatoms. The summed E-state index contributed by atoms with van der Waals surface area (Å²) in [4.78, 5) is 49.0. The summed E-state index contributed by atoms with van der Waals surface area (Å²) in [5.74, 6) is -2.76. The zero-order valence-corrected chi connectivity index (χ0v) is 13.6. The first kappa shape index (κ1) is 16.5. The molecule has 2 heterocycles. The number of H-pyrrole nitrogens is 1. The van der Waals surface area contributed by atoms with Gasteiger partial charge in [-0.1, -0.05) is 29.5 Å². The molecule has 10 nitrogen and oxygen atoms in total. The third-order valence-corrected chi connectivity index (χ3v) is 3.93. The van der Waals surface area contributed by atoms with Crippen LogP contribution in [0.2, 0.25) is 0 Å². The van der Waals surface area contributed by atoms with Gasteiger partial charge >= 0.3 is 5.97 Å². The number of Topliss-reactive ketones (excluding diaryl/α,β-unsaturated/α-hetero) is 1. The largest absolute Gasteiger partial charge is 0.457 e. The van der Waals surface area contributed by atoms with Gasteiger partial charge in [0.15, 0.2) is 23.9 Å². The Morgan fingerprint density at radius 3 is 2.52 bits per heavy atom.